The number of nitrogens with zero attached hydrogens (tertiary/aromatic N) is 8. The molecule has 8 heteroatoms. The molecule has 0 N–H and O–H groups in total. The van der Waals surface area contributed by atoms with E-state index in [2.05, 4.69) is 123 Å². The monoisotopic (exact) mass is 538 g/mol. The molecule has 1 aliphatic heterocycles. The van der Waals surface area contributed by atoms with Crippen LogP contribution in [0.3, 0.4) is 0 Å². The van der Waals surface area contributed by atoms with Crippen LogP contribution in [0.1, 0.15) is 33.8 Å². The van der Waals surface area contributed by atoms with Gasteiger partial charge in [-0.15, -0.1) is 9.73 Å². The van der Waals surface area contributed by atoms with Crippen LogP contribution in [0.25, 0.3) is 22.8 Å². The zero-order chi connectivity index (χ0) is 28.4. The largest absolute Gasteiger partial charge is 0.293 e. The summed E-state index contributed by atoms with van der Waals surface area (Å²) in [6.07, 6.45) is 7.79. The van der Waals surface area contributed by atoms with E-state index in [0.717, 1.165) is 56.2 Å². The molecule has 202 valence electrons. The first-order valence-electron chi connectivity index (χ1n) is 13.7. The molecule has 4 heterocycles. The van der Waals surface area contributed by atoms with Crippen molar-refractivity contribution in [3.05, 3.63) is 112 Å². The Kier molecular flexibility index (Phi) is 5.61. The van der Waals surface area contributed by atoms with Gasteiger partial charge in [0.1, 0.15) is 11.6 Å². The van der Waals surface area contributed by atoms with Crippen LogP contribution in [0.5, 0.6) is 0 Å². The molecule has 0 aliphatic carbocycles. The van der Waals surface area contributed by atoms with Gasteiger partial charge in [0.25, 0.3) is 0 Å². The third-order valence-electron chi connectivity index (χ3n) is 7.80. The van der Waals surface area contributed by atoms with Crippen LogP contribution >= 0.6 is 0 Å². The fourth-order valence-electron chi connectivity index (χ4n) is 5.98. The molecule has 0 bridgehead atoms. The Morgan fingerprint density at radius 2 is 1.15 bits per heavy atom. The number of allylic oxidation sites excluding steroid dienone is 1. The highest BCUT2D eigenvalue weighted by molar-refractivity contribution is 6.01. The molecule has 8 nitrogen and oxygen atoms in total. The second-order valence-electron chi connectivity index (χ2n) is 10.7. The van der Waals surface area contributed by atoms with Crippen molar-refractivity contribution < 1.29 is 0 Å². The maximum Gasteiger partial charge on any atom is 0.185 e. The van der Waals surface area contributed by atoms with Gasteiger partial charge < -0.3 is 0 Å². The number of hydrogen-bond acceptors (Lipinski definition) is 7. The number of rotatable bonds is 3. The van der Waals surface area contributed by atoms with Crippen LogP contribution in [0.2, 0.25) is 0 Å². The van der Waals surface area contributed by atoms with Gasteiger partial charge in [-0.25, -0.2) is 4.98 Å². The Hall–Kier alpha value is -5.11. The van der Waals surface area contributed by atoms with E-state index >= 15 is 0 Å². The second-order valence-corrected chi connectivity index (χ2v) is 10.7. The zero-order valence-electron chi connectivity index (χ0n) is 24.0. The van der Waals surface area contributed by atoms with Crippen molar-refractivity contribution in [3.63, 3.8) is 0 Å². The third kappa shape index (κ3) is 3.86. The number of benzene rings is 3. The highest BCUT2D eigenvalue weighted by Crippen LogP contribution is 2.53. The first kappa shape index (κ1) is 24.9. The summed E-state index contributed by atoms with van der Waals surface area (Å²) in [6.45, 7) is 12.5. The van der Waals surface area contributed by atoms with E-state index in [4.69, 9.17) is 0 Å². The molecule has 0 saturated carbocycles. The minimum atomic E-state index is 0.698. The van der Waals surface area contributed by atoms with Crippen molar-refractivity contribution in [1.82, 2.24) is 29.8 Å². The number of fused-ring (bicyclic) bond motifs is 3. The van der Waals surface area contributed by atoms with E-state index in [0.29, 0.717) is 5.82 Å². The van der Waals surface area contributed by atoms with Gasteiger partial charge in [0, 0.05) is 17.6 Å². The molecule has 6 aromatic rings. The summed E-state index contributed by atoms with van der Waals surface area (Å²) in [5.41, 5.74) is 12.5. The molecule has 0 amide bonds. The van der Waals surface area contributed by atoms with E-state index in [1.165, 1.54) is 22.3 Å². The summed E-state index contributed by atoms with van der Waals surface area (Å²) in [6, 6.07) is 17.2. The number of hydrogen-bond donors (Lipinski definition) is 0. The van der Waals surface area contributed by atoms with Gasteiger partial charge in [0.15, 0.2) is 5.65 Å². The predicted octanol–water partition coefficient (Wildman–Crippen LogP) is 6.25. The minimum absolute atomic E-state index is 0.698. The molecular formula is C33H30N8. The quantitative estimate of drug-likeness (QED) is 0.264. The van der Waals surface area contributed by atoms with Gasteiger partial charge in [-0.3, -0.25) is 19.8 Å². The number of para-hydroxylation sites is 2. The standard InChI is InChI=1S/C33H30N8/c1-19-9-7-10-20(2)31(19)39-28-17-26-27(35-16-15-34-26)18-29(28)40(32-21(3)11-8-12-22(32)4)30(39)14-13-25-23(5)37-41-33(25)36-24(6)38-41/h7-18H,1-6H3/b25-13-. The molecule has 3 aromatic carbocycles. The highest BCUT2D eigenvalue weighted by atomic mass is 15.5. The Bertz CT molecular complexity index is 1950. The lowest BCUT2D eigenvalue weighted by atomic mass is 10.1. The average Bonchev–Trinajstić information content (AvgIpc) is 3.54. The van der Waals surface area contributed by atoms with Crippen molar-refractivity contribution in [2.45, 2.75) is 41.5 Å². The Morgan fingerprint density at radius 3 is 1.66 bits per heavy atom. The fourth-order valence-corrected chi connectivity index (χ4v) is 5.98. The molecule has 41 heavy (non-hydrogen) atoms. The first-order chi connectivity index (χ1) is 19.8. The summed E-state index contributed by atoms with van der Waals surface area (Å²) >= 11 is 0. The predicted molar refractivity (Wildman–Crippen MR) is 164 cm³/mol. The zero-order valence-corrected chi connectivity index (χ0v) is 24.0. The molecule has 3 aromatic heterocycles. The lowest BCUT2D eigenvalue weighted by molar-refractivity contribution is 0.793. The summed E-state index contributed by atoms with van der Waals surface area (Å²) in [5, 5.41) is 9.98. The Morgan fingerprint density at radius 1 is 0.634 bits per heavy atom. The van der Waals surface area contributed by atoms with Gasteiger partial charge in [0.05, 0.1) is 39.5 Å². The molecule has 0 fully saturated rings. The van der Waals surface area contributed by atoms with E-state index in [1.54, 1.807) is 17.0 Å². The summed E-state index contributed by atoms with van der Waals surface area (Å²) in [4.78, 5) is 18.7. The number of aromatic nitrogens is 6. The van der Waals surface area contributed by atoms with Gasteiger partial charge in [-0.1, -0.05) is 36.4 Å². The van der Waals surface area contributed by atoms with Crippen molar-refractivity contribution >= 4 is 45.5 Å². The molecule has 7 rings (SSSR count). The van der Waals surface area contributed by atoms with Crippen LogP contribution < -0.4 is 15.0 Å². The normalized spacial score (nSPS) is 13.6. The van der Waals surface area contributed by atoms with Gasteiger partial charge in [-0.05, 0) is 88.1 Å². The van der Waals surface area contributed by atoms with E-state index in [1.807, 2.05) is 13.8 Å². The van der Waals surface area contributed by atoms with E-state index in [9.17, 15) is 0 Å². The van der Waals surface area contributed by atoms with E-state index < -0.39 is 0 Å². The molecular weight excluding hydrogens is 508 g/mol. The topological polar surface area (TPSA) is 75.3 Å². The maximum absolute atomic E-state index is 4.66. The third-order valence-corrected chi connectivity index (χ3v) is 7.80. The lowest BCUT2D eigenvalue weighted by Gasteiger charge is -2.29. The fraction of sp³-hybridized carbons (Fsp3) is 0.182. The van der Waals surface area contributed by atoms with E-state index in [-0.39, 0.29) is 0 Å². The maximum atomic E-state index is 4.66. The molecule has 0 saturated heterocycles. The number of aryl methyl sites for hydroxylation is 6. The lowest BCUT2D eigenvalue weighted by Crippen LogP contribution is -2.24. The second kappa shape index (κ2) is 9.23. The Labute approximate surface area is 238 Å². The summed E-state index contributed by atoms with van der Waals surface area (Å²) < 4.78 is 1.62. The van der Waals surface area contributed by atoms with Gasteiger partial charge >= 0.3 is 0 Å². The molecule has 0 atom stereocenters. The summed E-state index contributed by atoms with van der Waals surface area (Å²) in [5.74, 6) is 1.70. The van der Waals surface area contributed by atoms with Crippen LogP contribution in [0.15, 0.2) is 72.8 Å². The molecule has 1 aliphatic rings. The van der Waals surface area contributed by atoms with Crippen molar-refractivity contribution in [1.29, 1.82) is 0 Å². The van der Waals surface area contributed by atoms with Crippen LogP contribution in [0.4, 0.5) is 22.7 Å². The SMILES string of the molecule is Cc1nc2/c(=C\C=C3N(c4c(C)cccc4C)c4cc5nccnc5cc4N3c3c(C)cccc3C)c(C)nn2n1. The Balaban J connectivity index is 1.60. The van der Waals surface area contributed by atoms with Crippen LogP contribution in [-0.2, 0) is 0 Å². The highest BCUT2D eigenvalue weighted by Gasteiger charge is 2.36. The van der Waals surface area contributed by atoms with Gasteiger partial charge in [-0.2, -0.15) is 5.10 Å². The minimum Gasteiger partial charge on any atom is -0.293 e. The first-order valence-corrected chi connectivity index (χ1v) is 13.7. The smallest absolute Gasteiger partial charge is 0.185 e. The molecule has 0 radical (unpaired) electrons. The van der Waals surface area contributed by atoms with Crippen molar-refractivity contribution in [2.75, 3.05) is 9.80 Å². The summed E-state index contributed by atoms with van der Waals surface area (Å²) in [7, 11) is 0. The van der Waals surface area contributed by atoms with Crippen LogP contribution in [0, 0.1) is 41.5 Å². The molecule has 0 spiro atoms. The van der Waals surface area contributed by atoms with Gasteiger partial charge in [0.2, 0.25) is 0 Å². The van der Waals surface area contributed by atoms with Crippen LogP contribution in [-0.4, -0.2) is 29.8 Å². The number of anilines is 4. The van der Waals surface area contributed by atoms with Crippen molar-refractivity contribution in [2.24, 2.45) is 0 Å². The van der Waals surface area contributed by atoms with Crippen molar-refractivity contribution in [3.8, 4) is 0 Å². The molecule has 0 unspecified atom stereocenters. The average molecular weight is 539 g/mol.